The largest absolute Gasteiger partial charge is 0.349 e. The fourth-order valence-corrected chi connectivity index (χ4v) is 3.45. The van der Waals surface area contributed by atoms with Crippen molar-refractivity contribution in [3.8, 4) is 0 Å². The average Bonchev–Trinajstić information content (AvgIpc) is 3.14. The van der Waals surface area contributed by atoms with Crippen molar-refractivity contribution in [2.75, 3.05) is 0 Å². The van der Waals surface area contributed by atoms with Crippen LogP contribution < -0.4 is 5.32 Å². The molecule has 2 aromatic heterocycles. The van der Waals surface area contributed by atoms with Gasteiger partial charge in [0, 0.05) is 17.5 Å². The molecule has 2 amide bonds. The van der Waals surface area contributed by atoms with Gasteiger partial charge in [0.1, 0.15) is 10.7 Å². The molecule has 0 aromatic carbocycles. The van der Waals surface area contributed by atoms with Crippen LogP contribution in [0.3, 0.4) is 0 Å². The molecule has 0 aliphatic rings. The Hall–Kier alpha value is -1.73. The maximum Gasteiger partial charge on any atom is 0.270 e. The molecule has 2 aromatic rings. The smallest absolute Gasteiger partial charge is 0.270 e. The van der Waals surface area contributed by atoms with E-state index in [2.05, 4.69) is 10.3 Å². The number of hydrogen-bond donors (Lipinski definition) is 1. The SMILES string of the molecule is CC(C)NC(=O)c1csc(CN(C(=O)c2cccs2)C(C)C)n1. The summed E-state index contributed by atoms with van der Waals surface area (Å²) in [5, 5.41) is 7.21. The van der Waals surface area contributed by atoms with Crippen molar-refractivity contribution < 1.29 is 9.59 Å². The second kappa shape index (κ2) is 7.70. The minimum Gasteiger partial charge on any atom is -0.349 e. The lowest BCUT2D eigenvalue weighted by Crippen LogP contribution is -2.36. The number of amides is 2. The van der Waals surface area contributed by atoms with Crippen LogP contribution in [-0.2, 0) is 6.54 Å². The number of carbonyl (C=O) groups is 2. The molecule has 7 heteroatoms. The van der Waals surface area contributed by atoms with Gasteiger partial charge >= 0.3 is 0 Å². The fourth-order valence-electron chi connectivity index (χ4n) is 2.00. The summed E-state index contributed by atoms with van der Waals surface area (Å²) in [5.41, 5.74) is 0.408. The van der Waals surface area contributed by atoms with Gasteiger partial charge in [0.15, 0.2) is 0 Å². The van der Waals surface area contributed by atoms with Crippen LogP contribution in [0.15, 0.2) is 22.9 Å². The Morgan fingerprint density at radius 2 is 2.00 bits per heavy atom. The van der Waals surface area contributed by atoms with Crippen LogP contribution in [0.4, 0.5) is 0 Å². The molecule has 0 bridgehead atoms. The summed E-state index contributed by atoms with van der Waals surface area (Å²) in [7, 11) is 0. The highest BCUT2D eigenvalue weighted by molar-refractivity contribution is 7.12. The summed E-state index contributed by atoms with van der Waals surface area (Å²) >= 11 is 2.83. The van der Waals surface area contributed by atoms with E-state index >= 15 is 0 Å². The first-order valence-electron chi connectivity index (χ1n) is 7.48. The van der Waals surface area contributed by atoms with Gasteiger partial charge in [-0.25, -0.2) is 4.98 Å². The van der Waals surface area contributed by atoms with Gasteiger partial charge in [-0.3, -0.25) is 9.59 Å². The Kier molecular flexibility index (Phi) is 5.90. The summed E-state index contributed by atoms with van der Waals surface area (Å²) < 4.78 is 0. The number of thiophene rings is 1. The summed E-state index contributed by atoms with van der Waals surface area (Å²) in [6.07, 6.45) is 0. The third-order valence-electron chi connectivity index (χ3n) is 3.13. The molecule has 23 heavy (non-hydrogen) atoms. The summed E-state index contributed by atoms with van der Waals surface area (Å²) in [5.74, 6) is -0.179. The third-order valence-corrected chi connectivity index (χ3v) is 4.82. The van der Waals surface area contributed by atoms with Crippen molar-refractivity contribution in [2.45, 2.75) is 46.3 Å². The zero-order valence-electron chi connectivity index (χ0n) is 13.7. The lowest BCUT2D eigenvalue weighted by Gasteiger charge is -2.25. The van der Waals surface area contributed by atoms with Crippen molar-refractivity contribution in [3.63, 3.8) is 0 Å². The molecule has 2 heterocycles. The highest BCUT2D eigenvalue weighted by Gasteiger charge is 2.22. The lowest BCUT2D eigenvalue weighted by atomic mass is 10.3. The van der Waals surface area contributed by atoms with Crippen molar-refractivity contribution in [1.82, 2.24) is 15.2 Å². The summed E-state index contributed by atoms with van der Waals surface area (Å²) in [6.45, 7) is 8.18. The Bertz CT molecular complexity index is 663. The average molecular weight is 351 g/mol. The van der Waals surface area contributed by atoms with Crippen LogP contribution in [0, 0.1) is 0 Å². The van der Waals surface area contributed by atoms with E-state index in [-0.39, 0.29) is 23.9 Å². The summed E-state index contributed by atoms with van der Waals surface area (Å²) in [4.78, 5) is 31.4. The number of hydrogen-bond acceptors (Lipinski definition) is 5. The highest BCUT2D eigenvalue weighted by Crippen LogP contribution is 2.19. The monoisotopic (exact) mass is 351 g/mol. The number of nitrogens with one attached hydrogen (secondary N) is 1. The topological polar surface area (TPSA) is 62.3 Å². The quantitative estimate of drug-likeness (QED) is 0.868. The number of nitrogens with zero attached hydrogens (tertiary/aromatic N) is 2. The molecule has 0 aliphatic carbocycles. The van der Waals surface area contributed by atoms with Crippen molar-refractivity contribution in [1.29, 1.82) is 0 Å². The van der Waals surface area contributed by atoms with E-state index in [9.17, 15) is 9.59 Å². The van der Waals surface area contributed by atoms with Crippen LogP contribution in [0.1, 0.15) is 52.9 Å². The molecule has 1 N–H and O–H groups in total. The van der Waals surface area contributed by atoms with Crippen LogP contribution in [0.2, 0.25) is 0 Å². The van der Waals surface area contributed by atoms with Crippen molar-refractivity contribution >= 4 is 34.5 Å². The number of carbonyl (C=O) groups excluding carboxylic acids is 2. The van der Waals surface area contributed by atoms with Gasteiger partial charge in [0.25, 0.3) is 11.8 Å². The molecule has 0 atom stereocenters. The maximum atomic E-state index is 12.6. The molecule has 2 rings (SSSR count). The molecule has 124 valence electrons. The molecular formula is C16H21N3O2S2. The van der Waals surface area contributed by atoms with E-state index in [1.165, 1.54) is 22.7 Å². The molecule has 0 saturated heterocycles. The Labute approximate surface area is 144 Å². The van der Waals surface area contributed by atoms with Gasteiger partial charge < -0.3 is 10.2 Å². The normalized spacial score (nSPS) is 11.0. The Morgan fingerprint density at radius 3 is 2.57 bits per heavy atom. The summed E-state index contributed by atoms with van der Waals surface area (Å²) in [6, 6.07) is 3.82. The Morgan fingerprint density at radius 1 is 1.26 bits per heavy atom. The van der Waals surface area contributed by atoms with Crippen LogP contribution in [0.5, 0.6) is 0 Å². The molecular weight excluding hydrogens is 330 g/mol. The van der Waals surface area contributed by atoms with Crippen LogP contribution in [-0.4, -0.2) is 33.8 Å². The van der Waals surface area contributed by atoms with E-state index in [0.717, 1.165) is 5.01 Å². The van der Waals surface area contributed by atoms with Gasteiger partial charge in [-0.1, -0.05) is 6.07 Å². The van der Waals surface area contributed by atoms with E-state index in [1.807, 2.05) is 45.2 Å². The fraction of sp³-hybridized carbons (Fsp3) is 0.438. The van der Waals surface area contributed by atoms with Gasteiger partial charge in [0.2, 0.25) is 0 Å². The first-order chi connectivity index (χ1) is 10.9. The maximum absolute atomic E-state index is 12.6. The molecule has 0 spiro atoms. The molecule has 0 radical (unpaired) electrons. The van der Waals surface area contributed by atoms with E-state index in [0.29, 0.717) is 17.1 Å². The minimum atomic E-state index is -0.178. The molecule has 0 aliphatic heterocycles. The lowest BCUT2D eigenvalue weighted by molar-refractivity contribution is 0.0695. The minimum absolute atomic E-state index is 0.00150. The standard InChI is InChI=1S/C16H21N3O2S2/c1-10(2)17-15(20)12-9-23-14(18-12)8-19(11(3)4)16(21)13-6-5-7-22-13/h5-7,9-11H,8H2,1-4H3,(H,17,20). The van der Waals surface area contributed by atoms with Gasteiger partial charge in [0.05, 0.1) is 11.4 Å². The predicted octanol–water partition coefficient (Wildman–Crippen LogP) is 3.39. The second-order valence-corrected chi connectivity index (χ2v) is 7.65. The van der Waals surface area contributed by atoms with E-state index in [4.69, 9.17) is 0 Å². The van der Waals surface area contributed by atoms with Crippen LogP contribution >= 0.6 is 22.7 Å². The number of rotatable bonds is 6. The predicted molar refractivity (Wildman–Crippen MR) is 94.0 cm³/mol. The van der Waals surface area contributed by atoms with E-state index < -0.39 is 0 Å². The first kappa shape index (κ1) is 17.6. The van der Waals surface area contributed by atoms with E-state index in [1.54, 1.807) is 10.3 Å². The first-order valence-corrected chi connectivity index (χ1v) is 9.24. The number of aromatic nitrogens is 1. The second-order valence-electron chi connectivity index (χ2n) is 5.76. The number of thiazole rings is 1. The molecule has 0 unspecified atom stereocenters. The van der Waals surface area contributed by atoms with Gasteiger partial charge in [-0.15, -0.1) is 22.7 Å². The molecule has 0 fully saturated rings. The zero-order valence-corrected chi connectivity index (χ0v) is 15.3. The van der Waals surface area contributed by atoms with Crippen LogP contribution in [0.25, 0.3) is 0 Å². The van der Waals surface area contributed by atoms with Gasteiger partial charge in [-0.05, 0) is 39.1 Å². The van der Waals surface area contributed by atoms with Crippen molar-refractivity contribution in [2.24, 2.45) is 0 Å². The molecule has 0 saturated carbocycles. The highest BCUT2D eigenvalue weighted by atomic mass is 32.1. The van der Waals surface area contributed by atoms with Crippen molar-refractivity contribution in [3.05, 3.63) is 38.5 Å². The molecule has 5 nitrogen and oxygen atoms in total. The zero-order chi connectivity index (χ0) is 17.0. The third kappa shape index (κ3) is 4.62. The van der Waals surface area contributed by atoms with Gasteiger partial charge in [-0.2, -0.15) is 0 Å². The Balaban J connectivity index is 2.11.